The van der Waals surface area contributed by atoms with Crippen molar-refractivity contribution in [2.45, 2.75) is 44.9 Å². The first-order chi connectivity index (χ1) is 15.3. The van der Waals surface area contributed by atoms with Crippen LogP contribution < -0.4 is 4.74 Å². The average molecular weight is 472 g/mol. The maximum atomic E-state index is 10.1. The summed E-state index contributed by atoms with van der Waals surface area (Å²) >= 11 is 12.9. The van der Waals surface area contributed by atoms with Gasteiger partial charge in [0.15, 0.2) is 0 Å². The minimum absolute atomic E-state index is 0.112. The van der Waals surface area contributed by atoms with Crippen LogP contribution in [0.25, 0.3) is 11.1 Å². The van der Waals surface area contributed by atoms with Crippen molar-refractivity contribution in [2.24, 2.45) is 7.05 Å². The molecule has 3 atom stereocenters. The first kappa shape index (κ1) is 21.8. The second-order valence-corrected chi connectivity index (χ2v) is 9.74. The minimum Gasteiger partial charge on any atom is -0.484 e. The van der Waals surface area contributed by atoms with E-state index in [9.17, 15) is 5.11 Å². The predicted octanol–water partition coefficient (Wildman–Crippen LogP) is 5.12. The zero-order valence-electron chi connectivity index (χ0n) is 18.5. The molecule has 0 radical (unpaired) electrons. The van der Waals surface area contributed by atoms with E-state index in [1.54, 1.807) is 6.07 Å². The van der Waals surface area contributed by atoms with E-state index in [-0.39, 0.29) is 18.2 Å². The second kappa shape index (κ2) is 8.38. The number of hydrogen-bond donors (Lipinski definition) is 1. The highest BCUT2D eigenvalue weighted by Gasteiger charge is 2.41. The maximum absolute atomic E-state index is 10.1. The number of aliphatic hydroxyl groups excluding tert-OH is 1. The molecule has 5 rings (SSSR count). The molecule has 1 saturated heterocycles. The second-order valence-electron chi connectivity index (χ2n) is 8.90. The number of halogens is 2. The summed E-state index contributed by atoms with van der Waals surface area (Å²) in [6.07, 6.45) is 1.09. The molecule has 0 spiro atoms. The normalized spacial score (nSPS) is 23.0. The van der Waals surface area contributed by atoms with Gasteiger partial charge in [-0.15, -0.1) is 0 Å². The molecule has 5 nitrogen and oxygen atoms in total. The Balaban J connectivity index is 1.46. The van der Waals surface area contributed by atoms with E-state index in [1.165, 1.54) is 0 Å². The standard InChI is InChI=1S/C25H27Cl2N3O2/c1-14-24(15(2)29(3)28-14)16-4-6-19(7-5-16)32-25-21-10-17(26)11-22(27)20(21)12-23(25)30-9-8-18(31)13-30/h4-7,10-11,18,23,25,31H,8-9,12-13H2,1-3H3/t18?,23-,25-/m0/s1. The molecular formula is C25H27Cl2N3O2. The van der Waals surface area contributed by atoms with E-state index < -0.39 is 0 Å². The molecule has 1 aliphatic carbocycles. The smallest absolute Gasteiger partial charge is 0.140 e. The summed E-state index contributed by atoms with van der Waals surface area (Å²) in [6, 6.07) is 12.1. The number of aryl methyl sites for hydroxylation is 2. The van der Waals surface area contributed by atoms with Crippen molar-refractivity contribution < 1.29 is 9.84 Å². The van der Waals surface area contributed by atoms with Gasteiger partial charge in [-0.3, -0.25) is 9.58 Å². The van der Waals surface area contributed by atoms with Crippen molar-refractivity contribution in [1.29, 1.82) is 0 Å². The summed E-state index contributed by atoms with van der Waals surface area (Å²) < 4.78 is 8.48. The van der Waals surface area contributed by atoms with Gasteiger partial charge in [0.05, 0.1) is 17.8 Å². The fourth-order valence-electron chi connectivity index (χ4n) is 5.19. The van der Waals surface area contributed by atoms with Crippen LogP contribution in [0.4, 0.5) is 0 Å². The highest BCUT2D eigenvalue weighted by molar-refractivity contribution is 6.35. The monoisotopic (exact) mass is 471 g/mol. The van der Waals surface area contributed by atoms with Crippen molar-refractivity contribution >= 4 is 23.2 Å². The number of hydrogen-bond acceptors (Lipinski definition) is 4. The predicted molar refractivity (Wildman–Crippen MR) is 128 cm³/mol. The summed E-state index contributed by atoms with van der Waals surface area (Å²) in [6.45, 7) is 5.62. The van der Waals surface area contributed by atoms with Gasteiger partial charge in [0.25, 0.3) is 0 Å². The van der Waals surface area contributed by atoms with Crippen LogP contribution in [0.5, 0.6) is 5.75 Å². The van der Waals surface area contributed by atoms with Crippen LogP contribution in [-0.2, 0) is 13.5 Å². The first-order valence-electron chi connectivity index (χ1n) is 11.0. The third kappa shape index (κ3) is 3.81. The van der Waals surface area contributed by atoms with Gasteiger partial charge >= 0.3 is 0 Å². The van der Waals surface area contributed by atoms with Gasteiger partial charge in [0.1, 0.15) is 11.9 Å². The van der Waals surface area contributed by atoms with Gasteiger partial charge in [-0.2, -0.15) is 5.10 Å². The molecule has 0 amide bonds. The number of fused-ring (bicyclic) bond motifs is 1. The summed E-state index contributed by atoms with van der Waals surface area (Å²) in [4.78, 5) is 2.32. The lowest BCUT2D eigenvalue weighted by atomic mass is 10.0. The topological polar surface area (TPSA) is 50.5 Å². The Morgan fingerprint density at radius 2 is 1.88 bits per heavy atom. The maximum Gasteiger partial charge on any atom is 0.140 e. The van der Waals surface area contributed by atoms with Crippen LogP contribution in [-0.4, -0.2) is 45.0 Å². The number of rotatable bonds is 4. The lowest BCUT2D eigenvalue weighted by molar-refractivity contribution is 0.0818. The highest BCUT2D eigenvalue weighted by atomic mass is 35.5. The van der Waals surface area contributed by atoms with Crippen molar-refractivity contribution in [3.8, 4) is 16.9 Å². The van der Waals surface area contributed by atoms with E-state index in [4.69, 9.17) is 27.9 Å². The summed E-state index contributed by atoms with van der Waals surface area (Å²) in [7, 11) is 1.96. The van der Waals surface area contributed by atoms with Crippen molar-refractivity contribution in [3.05, 3.63) is 69.0 Å². The quantitative estimate of drug-likeness (QED) is 0.573. The first-order valence-corrected chi connectivity index (χ1v) is 11.7. The molecule has 168 valence electrons. The Kier molecular flexibility index (Phi) is 5.70. The summed E-state index contributed by atoms with van der Waals surface area (Å²) in [5.74, 6) is 0.798. The molecule has 32 heavy (non-hydrogen) atoms. The van der Waals surface area contributed by atoms with Gasteiger partial charge in [-0.05, 0) is 62.1 Å². The minimum atomic E-state index is -0.288. The van der Waals surface area contributed by atoms with Crippen LogP contribution in [0, 0.1) is 13.8 Å². The number of aromatic nitrogens is 2. The van der Waals surface area contributed by atoms with Gasteiger partial charge < -0.3 is 9.84 Å². The Morgan fingerprint density at radius 1 is 1.12 bits per heavy atom. The summed E-state index contributed by atoms with van der Waals surface area (Å²) in [5.41, 5.74) is 6.56. The van der Waals surface area contributed by atoms with E-state index in [0.29, 0.717) is 16.6 Å². The van der Waals surface area contributed by atoms with E-state index in [2.05, 4.69) is 29.1 Å². The number of aliphatic hydroxyl groups is 1. The Labute approximate surface area is 198 Å². The molecule has 7 heteroatoms. The van der Waals surface area contributed by atoms with E-state index in [1.807, 2.05) is 36.9 Å². The van der Waals surface area contributed by atoms with Crippen molar-refractivity contribution in [2.75, 3.05) is 13.1 Å². The van der Waals surface area contributed by atoms with Crippen LogP contribution in [0.3, 0.4) is 0 Å². The molecule has 1 fully saturated rings. The zero-order valence-corrected chi connectivity index (χ0v) is 20.0. The van der Waals surface area contributed by atoms with Crippen LogP contribution in [0.2, 0.25) is 10.0 Å². The Bertz CT molecular complexity index is 1160. The number of benzene rings is 2. The van der Waals surface area contributed by atoms with Crippen LogP contribution in [0.15, 0.2) is 36.4 Å². The van der Waals surface area contributed by atoms with Crippen molar-refractivity contribution in [1.82, 2.24) is 14.7 Å². The Hall–Kier alpha value is -2.05. The van der Waals surface area contributed by atoms with Gasteiger partial charge in [-0.1, -0.05) is 35.3 Å². The molecule has 2 aliphatic rings. The van der Waals surface area contributed by atoms with E-state index >= 15 is 0 Å². The molecule has 1 unspecified atom stereocenters. The highest BCUT2D eigenvalue weighted by Crippen LogP contribution is 2.43. The van der Waals surface area contributed by atoms with Gasteiger partial charge in [0.2, 0.25) is 0 Å². The fraction of sp³-hybridized carbons (Fsp3) is 0.400. The number of ether oxygens (including phenoxy) is 1. The van der Waals surface area contributed by atoms with Crippen LogP contribution >= 0.6 is 23.2 Å². The molecule has 3 aromatic rings. The van der Waals surface area contributed by atoms with Gasteiger partial charge in [-0.25, -0.2) is 0 Å². The number of β-amino-alcohol motifs (C(OH)–C–C–N with tert-alkyl or cyclic N) is 1. The largest absolute Gasteiger partial charge is 0.484 e. The summed E-state index contributed by atoms with van der Waals surface area (Å²) in [5, 5.41) is 15.9. The SMILES string of the molecule is Cc1nn(C)c(C)c1-c1ccc(O[C@H]2c3cc(Cl)cc(Cl)c3C[C@@H]2N2CCC(O)C2)cc1. The molecule has 0 bridgehead atoms. The van der Waals surface area contributed by atoms with Gasteiger partial charge in [0, 0.05) is 47.0 Å². The number of nitrogens with zero attached hydrogens (tertiary/aromatic N) is 3. The van der Waals surface area contributed by atoms with Crippen molar-refractivity contribution in [3.63, 3.8) is 0 Å². The lowest BCUT2D eigenvalue weighted by Gasteiger charge is -2.30. The molecule has 1 aromatic heterocycles. The molecule has 2 heterocycles. The molecular weight excluding hydrogens is 445 g/mol. The molecule has 1 aliphatic heterocycles. The molecule has 1 N–H and O–H groups in total. The fourth-order valence-corrected chi connectivity index (χ4v) is 5.77. The molecule has 2 aromatic carbocycles. The van der Waals surface area contributed by atoms with Crippen LogP contribution in [0.1, 0.15) is 35.0 Å². The number of likely N-dealkylation sites (tertiary alicyclic amines) is 1. The third-order valence-corrected chi connectivity index (χ3v) is 7.40. The lowest BCUT2D eigenvalue weighted by Crippen LogP contribution is -2.39. The Morgan fingerprint density at radius 3 is 2.50 bits per heavy atom. The molecule has 0 saturated carbocycles. The zero-order chi connectivity index (χ0) is 22.6. The van der Waals surface area contributed by atoms with E-state index in [0.717, 1.165) is 58.8 Å². The third-order valence-electron chi connectivity index (χ3n) is 6.84. The average Bonchev–Trinajstić information content (AvgIpc) is 3.40.